The van der Waals surface area contributed by atoms with Gasteiger partial charge in [0.25, 0.3) is 5.56 Å². The molecule has 1 aliphatic heterocycles. The molecule has 1 aliphatic rings. The number of piperidine rings is 1. The zero-order valence-electron chi connectivity index (χ0n) is 15.9. The number of aryl methyl sites for hydroxylation is 2. The maximum Gasteiger partial charge on any atom is 0.251 e. The minimum absolute atomic E-state index is 0.00876. The maximum atomic E-state index is 12.8. The molecule has 28 heavy (non-hydrogen) atoms. The second-order valence-corrected chi connectivity index (χ2v) is 7.98. The maximum absolute atomic E-state index is 12.8. The molecule has 1 fully saturated rings. The molecule has 9 heteroatoms. The zero-order valence-corrected chi connectivity index (χ0v) is 16.7. The van der Waals surface area contributed by atoms with Crippen molar-refractivity contribution >= 4 is 17.2 Å². The highest BCUT2D eigenvalue weighted by Crippen LogP contribution is 2.27. The third kappa shape index (κ3) is 3.89. The SMILES string of the molecule is Cc1nc(C)n(CC(=O)N2CCC[C@H](c3nc(-c4cccs4)cc(=O)[nH]3)C2)n1. The molecule has 0 spiro atoms. The van der Waals surface area contributed by atoms with E-state index in [0.29, 0.717) is 30.4 Å². The molecule has 1 N–H and O–H groups in total. The van der Waals surface area contributed by atoms with Crippen LogP contribution >= 0.6 is 11.3 Å². The van der Waals surface area contributed by atoms with E-state index in [1.54, 1.807) is 16.0 Å². The summed E-state index contributed by atoms with van der Waals surface area (Å²) in [5.41, 5.74) is 0.525. The van der Waals surface area contributed by atoms with E-state index in [0.717, 1.165) is 23.5 Å². The van der Waals surface area contributed by atoms with Gasteiger partial charge in [0.2, 0.25) is 5.91 Å². The van der Waals surface area contributed by atoms with E-state index in [1.807, 2.05) is 36.3 Å². The molecular weight excluding hydrogens is 376 g/mol. The van der Waals surface area contributed by atoms with E-state index >= 15 is 0 Å². The lowest BCUT2D eigenvalue weighted by Crippen LogP contribution is -2.41. The predicted molar refractivity (Wildman–Crippen MR) is 106 cm³/mol. The van der Waals surface area contributed by atoms with Crippen molar-refractivity contribution in [3.63, 3.8) is 0 Å². The topological polar surface area (TPSA) is 96.8 Å². The number of carbonyl (C=O) groups is 1. The molecule has 3 aromatic heterocycles. The second kappa shape index (κ2) is 7.67. The number of carbonyl (C=O) groups excluding carboxylic acids is 1. The van der Waals surface area contributed by atoms with Gasteiger partial charge in [0.05, 0.1) is 10.6 Å². The first-order valence-corrected chi connectivity index (χ1v) is 10.2. The number of amides is 1. The summed E-state index contributed by atoms with van der Waals surface area (Å²) in [4.78, 5) is 39.5. The van der Waals surface area contributed by atoms with Gasteiger partial charge in [0.1, 0.15) is 24.0 Å². The fourth-order valence-corrected chi connectivity index (χ4v) is 4.27. The van der Waals surface area contributed by atoms with E-state index < -0.39 is 0 Å². The molecule has 0 aliphatic carbocycles. The summed E-state index contributed by atoms with van der Waals surface area (Å²) in [6.07, 6.45) is 1.76. The summed E-state index contributed by atoms with van der Waals surface area (Å²) in [6.45, 7) is 5.09. The van der Waals surface area contributed by atoms with Crippen LogP contribution in [0.25, 0.3) is 10.6 Å². The summed E-state index contributed by atoms with van der Waals surface area (Å²) in [5.74, 6) is 2.07. The first kappa shape index (κ1) is 18.5. The van der Waals surface area contributed by atoms with Crippen LogP contribution in [0.4, 0.5) is 0 Å². The van der Waals surface area contributed by atoms with Gasteiger partial charge in [0, 0.05) is 25.1 Å². The Labute approximate surface area is 166 Å². The van der Waals surface area contributed by atoms with Gasteiger partial charge in [-0.15, -0.1) is 11.3 Å². The zero-order chi connectivity index (χ0) is 19.7. The lowest BCUT2D eigenvalue weighted by Gasteiger charge is -2.32. The van der Waals surface area contributed by atoms with Crippen LogP contribution in [0.5, 0.6) is 0 Å². The number of aromatic nitrogens is 5. The van der Waals surface area contributed by atoms with Crippen molar-refractivity contribution in [2.45, 2.75) is 39.2 Å². The second-order valence-electron chi connectivity index (χ2n) is 7.04. The van der Waals surface area contributed by atoms with E-state index in [9.17, 15) is 9.59 Å². The van der Waals surface area contributed by atoms with Crippen LogP contribution < -0.4 is 5.56 Å². The molecular formula is C19H22N6O2S. The van der Waals surface area contributed by atoms with Crippen molar-refractivity contribution in [3.8, 4) is 10.6 Å². The molecule has 0 radical (unpaired) electrons. The number of hydrogen-bond acceptors (Lipinski definition) is 6. The van der Waals surface area contributed by atoms with Crippen LogP contribution in [-0.2, 0) is 11.3 Å². The van der Waals surface area contributed by atoms with Crippen LogP contribution in [0.1, 0.15) is 36.2 Å². The minimum Gasteiger partial charge on any atom is -0.340 e. The van der Waals surface area contributed by atoms with Crippen molar-refractivity contribution in [1.29, 1.82) is 0 Å². The molecule has 0 aromatic carbocycles. The van der Waals surface area contributed by atoms with Crippen LogP contribution in [0.15, 0.2) is 28.4 Å². The average molecular weight is 398 g/mol. The smallest absolute Gasteiger partial charge is 0.251 e. The highest BCUT2D eigenvalue weighted by Gasteiger charge is 2.27. The molecule has 1 atom stereocenters. The van der Waals surface area contributed by atoms with Gasteiger partial charge in [0.15, 0.2) is 0 Å². The first-order valence-electron chi connectivity index (χ1n) is 9.30. The normalized spacial score (nSPS) is 17.1. The van der Waals surface area contributed by atoms with Gasteiger partial charge >= 0.3 is 0 Å². The third-order valence-electron chi connectivity index (χ3n) is 4.94. The number of aromatic amines is 1. The Balaban J connectivity index is 1.51. The quantitative estimate of drug-likeness (QED) is 0.726. The van der Waals surface area contributed by atoms with E-state index in [4.69, 9.17) is 0 Å². The number of nitrogens with zero attached hydrogens (tertiary/aromatic N) is 5. The van der Waals surface area contributed by atoms with Gasteiger partial charge in [-0.25, -0.2) is 14.6 Å². The van der Waals surface area contributed by atoms with Crippen molar-refractivity contribution in [2.75, 3.05) is 13.1 Å². The van der Waals surface area contributed by atoms with E-state index in [2.05, 4.69) is 20.1 Å². The Morgan fingerprint density at radius 2 is 2.21 bits per heavy atom. The van der Waals surface area contributed by atoms with Crippen LogP contribution in [-0.4, -0.2) is 48.6 Å². The van der Waals surface area contributed by atoms with Crippen molar-refractivity contribution in [1.82, 2.24) is 29.6 Å². The fraction of sp³-hybridized carbons (Fsp3) is 0.421. The Morgan fingerprint density at radius 3 is 2.93 bits per heavy atom. The first-order chi connectivity index (χ1) is 13.5. The van der Waals surface area contributed by atoms with E-state index in [1.165, 1.54) is 6.07 Å². The highest BCUT2D eigenvalue weighted by atomic mass is 32.1. The lowest BCUT2D eigenvalue weighted by atomic mass is 9.97. The summed E-state index contributed by atoms with van der Waals surface area (Å²) in [7, 11) is 0. The Hall–Kier alpha value is -2.81. The van der Waals surface area contributed by atoms with Gasteiger partial charge in [-0.3, -0.25) is 9.59 Å². The summed E-state index contributed by atoms with van der Waals surface area (Å²) in [5, 5.41) is 6.24. The number of thiophene rings is 1. The number of hydrogen-bond donors (Lipinski definition) is 1. The molecule has 0 unspecified atom stereocenters. The lowest BCUT2D eigenvalue weighted by molar-refractivity contribution is -0.133. The average Bonchev–Trinajstić information content (AvgIpc) is 3.31. The van der Waals surface area contributed by atoms with Gasteiger partial charge in [-0.1, -0.05) is 6.07 Å². The fourth-order valence-electron chi connectivity index (χ4n) is 3.59. The van der Waals surface area contributed by atoms with Crippen LogP contribution in [0.2, 0.25) is 0 Å². The molecule has 4 rings (SSSR count). The molecule has 1 saturated heterocycles. The van der Waals surface area contributed by atoms with Crippen molar-refractivity contribution < 1.29 is 4.79 Å². The number of nitrogens with one attached hydrogen (secondary N) is 1. The van der Waals surface area contributed by atoms with E-state index in [-0.39, 0.29) is 23.9 Å². The number of likely N-dealkylation sites (tertiary alicyclic amines) is 1. The molecule has 0 bridgehead atoms. The molecule has 4 heterocycles. The standard InChI is InChI=1S/C19H22N6O2S/c1-12-20-13(2)25(23-12)11-18(27)24-7-3-5-14(10-24)19-21-15(9-17(26)22-19)16-6-4-8-28-16/h4,6,8-9,14H,3,5,7,10-11H2,1-2H3,(H,21,22,26)/t14-/m0/s1. The van der Waals surface area contributed by atoms with Gasteiger partial charge in [-0.2, -0.15) is 5.10 Å². The highest BCUT2D eigenvalue weighted by molar-refractivity contribution is 7.13. The monoisotopic (exact) mass is 398 g/mol. The molecule has 146 valence electrons. The molecule has 3 aromatic rings. The number of H-pyrrole nitrogens is 1. The summed E-state index contributed by atoms with van der Waals surface area (Å²) >= 11 is 1.55. The van der Waals surface area contributed by atoms with Gasteiger partial charge < -0.3 is 9.88 Å². The Bertz CT molecular complexity index is 1040. The summed E-state index contributed by atoms with van der Waals surface area (Å²) < 4.78 is 1.64. The predicted octanol–water partition coefficient (Wildman–Crippen LogP) is 2.11. The largest absolute Gasteiger partial charge is 0.340 e. The number of rotatable bonds is 4. The molecule has 1 amide bonds. The Kier molecular flexibility index (Phi) is 5.08. The van der Waals surface area contributed by atoms with Crippen molar-refractivity contribution in [2.24, 2.45) is 0 Å². The summed E-state index contributed by atoms with van der Waals surface area (Å²) in [6, 6.07) is 5.42. The van der Waals surface area contributed by atoms with Crippen LogP contribution in [0, 0.1) is 13.8 Å². The van der Waals surface area contributed by atoms with Crippen molar-refractivity contribution in [3.05, 3.63) is 51.4 Å². The Morgan fingerprint density at radius 1 is 1.36 bits per heavy atom. The molecule has 8 nitrogen and oxygen atoms in total. The third-order valence-corrected chi connectivity index (χ3v) is 5.83. The molecule has 0 saturated carbocycles. The van der Waals surface area contributed by atoms with Gasteiger partial charge in [-0.05, 0) is 38.1 Å². The van der Waals surface area contributed by atoms with Crippen LogP contribution in [0.3, 0.4) is 0 Å². The minimum atomic E-state index is -0.162.